The molecule has 7 nitrogen and oxygen atoms in total. The summed E-state index contributed by atoms with van der Waals surface area (Å²) in [5.74, 6) is -0.866. The van der Waals surface area contributed by atoms with Crippen LogP contribution in [0.15, 0.2) is 24.3 Å². The van der Waals surface area contributed by atoms with Gasteiger partial charge in [-0.05, 0) is 38.5 Å². The van der Waals surface area contributed by atoms with E-state index in [0.29, 0.717) is 5.56 Å². The van der Waals surface area contributed by atoms with E-state index in [2.05, 4.69) is 10.1 Å². The molecule has 24 heavy (non-hydrogen) atoms. The van der Waals surface area contributed by atoms with E-state index < -0.39 is 23.6 Å². The summed E-state index contributed by atoms with van der Waals surface area (Å²) in [5.41, 5.74) is 0.589. The lowest BCUT2D eigenvalue weighted by Crippen LogP contribution is -2.33. The van der Waals surface area contributed by atoms with Gasteiger partial charge in [-0.2, -0.15) is 0 Å². The van der Waals surface area contributed by atoms with E-state index >= 15 is 0 Å². The molecule has 0 heterocycles. The molecule has 1 N–H and O–H groups in total. The average molecular weight is 337 g/mol. The maximum absolute atomic E-state index is 11.6. The summed E-state index contributed by atoms with van der Waals surface area (Å²) >= 11 is 0. The zero-order chi connectivity index (χ0) is 18.2. The van der Waals surface area contributed by atoms with Gasteiger partial charge in [0, 0.05) is 6.54 Å². The van der Waals surface area contributed by atoms with Crippen LogP contribution in [0.2, 0.25) is 0 Å². The van der Waals surface area contributed by atoms with Crippen LogP contribution >= 0.6 is 0 Å². The van der Waals surface area contributed by atoms with Crippen molar-refractivity contribution < 1.29 is 28.6 Å². The Bertz CT molecular complexity index is 574. The second-order valence-electron chi connectivity index (χ2n) is 6.03. The van der Waals surface area contributed by atoms with Crippen LogP contribution in [0.25, 0.3) is 0 Å². The molecule has 1 amide bonds. The first-order valence-electron chi connectivity index (χ1n) is 7.51. The number of methoxy groups -OCH3 is 1. The van der Waals surface area contributed by atoms with Crippen LogP contribution in [0, 0.1) is 0 Å². The summed E-state index contributed by atoms with van der Waals surface area (Å²) < 4.78 is 14.7. The minimum atomic E-state index is -0.582. The van der Waals surface area contributed by atoms with E-state index in [9.17, 15) is 14.4 Å². The molecule has 0 atom stereocenters. The Morgan fingerprint density at radius 1 is 1.08 bits per heavy atom. The predicted octanol–water partition coefficient (Wildman–Crippen LogP) is 2.43. The number of alkyl carbamates (subject to hydrolysis) is 1. The molecule has 0 bridgehead atoms. The SMILES string of the molecule is COC(=O)c1ccc(COC(=O)CCNC(=O)OC(C)(C)C)cc1. The fourth-order valence-corrected chi connectivity index (χ4v) is 1.67. The lowest BCUT2D eigenvalue weighted by molar-refractivity contribution is -0.144. The highest BCUT2D eigenvalue weighted by Crippen LogP contribution is 2.08. The predicted molar refractivity (Wildman–Crippen MR) is 86.4 cm³/mol. The Kier molecular flexibility index (Phi) is 7.23. The number of ether oxygens (including phenoxy) is 3. The summed E-state index contributed by atoms with van der Waals surface area (Å²) in [6, 6.07) is 6.55. The molecular formula is C17H23NO6. The highest BCUT2D eigenvalue weighted by atomic mass is 16.6. The van der Waals surface area contributed by atoms with E-state index in [0.717, 1.165) is 5.56 Å². The molecule has 132 valence electrons. The highest BCUT2D eigenvalue weighted by molar-refractivity contribution is 5.89. The first-order valence-corrected chi connectivity index (χ1v) is 7.51. The van der Waals surface area contributed by atoms with E-state index in [1.165, 1.54) is 7.11 Å². The second kappa shape index (κ2) is 8.90. The minimum absolute atomic E-state index is 0.0412. The lowest BCUT2D eigenvalue weighted by Gasteiger charge is -2.19. The van der Waals surface area contributed by atoms with Gasteiger partial charge in [-0.1, -0.05) is 12.1 Å². The number of hydrogen-bond donors (Lipinski definition) is 1. The number of carbonyl (C=O) groups excluding carboxylic acids is 3. The standard InChI is InChI=1S/C17H23NO6/c1-17(2,3)24-16(21)18-10-9-14(19)23-11-12-5-7-13(8-6-12)15(20)22-4/h5-8H,9-11H2,1-4H3,(H,18,21). The molecular weight excluding hydrogens is 314 g/mol. The number of carbonyl (C=O) groups is 3. The molecule has 0 fully saturated rings. The number of rotatable bonds is 6. The van der Waals surface area contributed by atoms with Crippen LogP contribution in [-0.2, 0) is 25.6 Å². The quantitative estimate of drug-likeness (QED) is 0.633. The van der Waals surface area contributed by atoms with E-state index in [1.807, 2.05) is 0 Å². The Balaban J connectivity index is 2.29. The third kappa shape index (κ3) is 7.62. The second-order valence-corrected chi connectivity index (χ2v) is 6.03. The van der Waals surface area contributed by atoms with Gasteiger partial charge >= 0.3 is 18.0 Å². The normalized spacial score (nSPS) is 10.7. The molecule has 0 unspecified atom stereocenters. The fourth-order valence-electron chi connectivity index (χ4n) is 1.67. The zero-order valence-corrected chi connectivity index (χ0v) is 14.4. The van der Waals surface area contributed by atoms with Crippen molar-refractivity contribution in [3.63, 3.8) is 0 Å². The van der Waals surface area contributed by atoms with Crippen LogP contribution in [0.5, 0.6) is 0 Å². The summed E-state index contributed by atoms with van der Waals surface area (Å²) in [4.78, 5) is 34.3. The van der Waals surface area contributed by atoms with Crippen molar-refractivity contribution in [2.75, 3.05) is 13.7 Å². The molecule has 0 radical (unpaired) electrons. The molecule has 1 rings (SSSR count). The molecule has 0 spiro atoms. The third-order valence-electron chi connectivity index (χ3n) is 2.77. The maximum Gasteiger partial charge on any atom is 0.407 e. The topological polar surface area (TPSA) is 90.9 Å². The van der Waals surface area contributed by atoms with E-state index in [4.69, 9.17) is 9.47 Å². The number of hydrogen-bond acceptors (Lipinski definition) is 6. The molecule has 0 saturated carbocycles. The third-order valence-corrected chi connectivity index (χ3v) is 2.77. The van der Waals surface area contributed by atoms with Crippen LogP contribution in [0.4, 0.5) is 4.79 Å². The monoisotopic (exact) mass is 337 g/mol. The van der Waals surface area contributed by atoms with E-state index in [-0.39, 0.29) is 19.6 Å². The molecule has 1 aromatic carbocycles. The van der Waals surface area contributed by atoms with Crippen molar-refractivity contribution >= 4 is 18.0 Å². The van der Waals surface area contributed by atoms with Crippen LogP contribution in [-0.4, -0.2) is 37.3 Å². The highest BCUT2D eigenvalue weighted by Gasteiger charge is 2.16. The average Bonchev–Trinajstić information content (AvgIpc) is 2.51. The Labute approximate surface area is 141 Å². The molecule has 0 aliphatic rings. The minimum Gasteiger partial charge on any atom is -0.465 e. The van der Waals surface area contributed by atoms with Crippen LogP contribution in [0.3, 0.4) is 0 Å². The first-order chi connectivity index (χ1) is 11.2. The summed E-state index contributed by atoms with van der Waals surface area (Å²) in [5, 5.41) is 2.48. The van der Waals surface area contributed by atoms with Crippen molar-refractivity contribution in [1.29, 1.82) is 0 Å². The summed E-state index contributed by atoms with van der Waals surface area (Å²) in [6.45, 7) is 5.49. The van der Waals surface area contributed by atoms with Gasteiger partial charge in [0.25, 0.3) is 0 Å². The Morgan fingerprint density at radius 2 is 1.71 bits per heavy atom. The van der Waals surface area contributed by atoms with Crippen molar-refractivity contribution in [1.82, 2.24) is 5.32 Å². The van der Waals surface area contributed by atoms with Gasteiger partial charge in [-0.3, -0.25) is 4.79 Å². The van der Waals surface area contributed by atoms with Gasteiger partial charge in [0.15, 0.2) is 0 Å². The molecule has 1 aromatic rings. The van der Waals surface area contributed by atoms with Gasteiger partial charge in [-0.25, -0.2) is 9.59 Å². The molecule has 0 aliphatic heterocycles. The molecule has 0 aliphatic carbocycles. The zero-order valence-electron chi connectivity index (χ0n) is 14.4. The maximum atomic E-state index is 11.6. The summed E-state index contributed by atoms with van der Waals surface area (Å²) in [6.07, 6.45) is -0.534. The van der Waals surface area contributed by atoms with Crippen molar-refractivity contribution in [2.45, 2.75) is 39.4 Å². The summed E-state index contributed by atoms with van der Waals surface area (Å²) in [7, 11) is 1.31. The number of nitrogens with one attached hydrogen (secondary N) is 1. The largest absolute Gasteiger partial charge is 0.465 e. The molecule has 0 saturated heterocycles. The van der Waals surface area contributed by atoms with Gasteiger partial charge in [0.05, 0.1) is 19.1 Å². The number of benzene rings is 1. The molecule has 7 heteroatoms. The van der Waals surface area contributed by atoms with Crippen LogP contribution in [0.1, 0.15) is 43.1 Å². The number of amides is 1. The van der Waals surface area contributed by atoms with E-state index in [1.54, 1.807) is 45.0 Å². The van der Waals surface area contributed by atoms with Gasteiger partial charge in [-0.15, -0.1) is 0 Å². The van der Waals surface area contributed by atoms with Crippen molar-refractivity contribution in [2.24, 2.45) is 0 Å². The van der Waals surface area contributed by atoms with Gasteiger partial charge in [0.2, 0.25) is 0 Å². The fraction of sp³-hybridized carbons (Fsp3) is 0.471. The van der Waals surface area contributed by atoms with Gasteiger partial charge in [0.1, 0.15) is 12.2 Å². The van der Waals surface area contributed by atoms with Crippen molar-refractivity contribution in [3.05, 3.63) is 35.4 Å². The Hall–Kier alpha value is -2.57. The molecule has 0 aromatic heterocycles. The van der Waals surface area contributed by atoms with Crippen molar-refractivity contribution in [3.8, 4) is 0 Å². The lowest BCUT2D eigenvalue weighted by atomic mass is 10.1. The van der Waals surface area contributed by atoms with Crippen LogP contribution < -0.4 is 5.32 Å². The number of esters is 2. The Morgan fingerprint density at radius 3 is 2.25 bits per heavy atom. The smallest absolute Gasteiger partial charge is 0.407 e. The van der Waals surface area contributed by atoms with Gasteiger partial charge < -0.3 is 19.5 Å². The first kappa shape index (κ1) is 19.5.